The van der Waals surface area contributed by atoms with Crippen LogP contribution in [0, 0.1) is 0 Å². The molecule has 0 bridgehead atoms. The van der Waals surface area contributed by atoms with Crippen LogP contribution in [-0.2, 0) is 0 Å². The summed E-state index contributed by atoms with van der Waals surface area (Å²) in [5, 5.41) is 0. The van der Waals surface area contributed by atoms with Crippen molar-refractivity contribution in [1.29, 1.82) is 0 Å². The van der Waals surface area contributed by atoms with Crippen LogP contribution in [0.1, 0.15) is 29.6 Å². The number of ether oxygens (including phenoxy) is 2. The Morgan fingerprint density at radius 3 is 2.50 bits per heavy atom. The van der Waals surface area contributed by atoms with E-state index in [0.29, 0.717) is 43.4 Å². The van der Waals surface area contributed by atoms with Gasteiger partial charge in [-0.05, 0) is 37.5 Å². The van der Waals surface area contributed by atoms with Gasteiger partial charge in [-0.25, -0.2) is 4.98 Å². The number of benzene rings is 1. The third kappa shape index (κ3) is 3.74. The Kier molecular flexibility index (Phi) is 5.29. The van der Waals surface area contributed by atoms with Crippen LogP contribution in [0.3, 0.4) is 0 Å². The number of nitrogens with zero attached hydrogens (tertiary/aromatic N) is 5. The molecule has 0 atom stereocenters. The highest BCUT2D eigenvalue weighted by Crippen LogP contribution is 2.34. The number of carbonyl (C=O) groups is 1. The van der Waals surface area contributed by atoms with E-state index in [-0.39, 0.29) is 5.91 Å². The van der Waals surface area contributed by atoms with Crippen molar-refractivity contribution in [3.63, 3.8) is 0 Å². The van der Waals surface area contributed by atoms with Gasteiger partial charge in [-0.15, -0.1) is 0 Å². The van der Waals surface area contributed by atoms with Gasteiger partial charge in [0.25, 0.3) is 5.91 Å². The number of aromatic nitrogens is 2. The van der Waals surface area contributed by atoms with Crippen molar-refractivity contribution < 1.29 is 14.3 Å². The van der Waals surface area contributed by atoms with E-state index in [1.807, 2.05) is 35.4 Å². The number of piperazine rings is 1. The molecule has 5 rings (SSSR count). The minimum Gasteiger partial charge on any atom is -0.486 e. The normalized spacial score (nSPS) is 19.0. The SMILES string of the molecule is O=C(c1cccc2c1OCCO2)N1CCN(c2ccnc(N3CCCCC3)n2)CC1. The summed E-state index contributed by atoms with van der Waals surface area (Å²) in [4.78, 5) is 28.8. The lowest BCUT2D eigenvalue weighted by Crippen LogP contribution is -2.49. The maximum absolute atomic E-state index is 13.1. The number of para-hydroxylation sites is 1. The summed E-state index contributed by atoms with van der Waals surface area (Å²) in [7, 11) is 0. The number of carbonyl (C=O) groups excluding carboxylic acids is 1. The van der Waals surface area contributed by atoms with Crippen molar-refractivity contribution >= 4 is 17.7 Å². The summed E-state index contributed by atoms with van der Waals surface area (Å²) in [6.07, 6.45) is 5.53. The van der Waals surface area contributed by atoms with Gasteiger partial charge in [-0.3, -0.25) is 4.79 Å². The first-order valence-corrected chi connectivity index (χ1v) is 10.8. The minimum absolute atomic E-state index is 0.00584. The second-order valence-corrected chi connectivity index (χ2v) is 7.87. The summed E-state index contributed by atoms with van der Waals surface area (Å²) in [5.41, 5.74) is 0.579. The molecule has 2 aromatic rings. The summed E-state index contributed by atoms with van der Waals surface area (Å²) in [6, 6.07) is 7.47. The number of anilines is 2. The van der Waals surface area contributed by atoms with Crippen molar-refractivity contribution in [3.8, 4) is 11.5 Å². The van der Waals surface area contributed by atoms with Gasteiger partial charge in [0.2, 0.25) is 5.95 Å². The van der Waals surface area contributed by atoms with Gasteiger partial charge < -0.3 is 24.2 Å². The van der Waals surface area contributed by atoms with Crippen LogP contribution >= 0.6 is 0 Å². The molecule has 0 N–H and O–H groups in total. The standard InChI is InChI=1S/C22H27N5O3/c28-21(17-5-4-6-18-20(17)30-16-15-29-18)26-13-11-25(12-14-26)19-7-8-23-22(24-19)27-9-2-1-3-10-27/h4-8H,1-3,9-16H2. The van der Waals surface area contributed by atoms with E-state index in [1.165, 1.54) is 19.3 Å². The summed E-state index contributed by atoms with van der Waals surface area (Å²) >= 11 is 0. The monoisotopic (exact) mass is 409 g/mol. The molecule has 1 aromatic carbocycles. The Balaban J connectivity index is 1.25. The Morgan fingerprint density at radius 2 is 1.67 bits per heavy atom. The van der Waals surface area contributed by atoms with Crippen LogP contribution in [-0.4, -0.2) is 73.3 Å². The van der Waals surface area contributed by atoms with Crippen LogP contribution in [0.5, 0.6) is 11.5 Å². The molecule has 0 spiro atoms. The fourth-order valence-corrected chi connectivity index (χ4v) is 4.31. The van der Waals surface area contributed by atoms with Gasteiger partial charge in [0.15, 0.2) is 11.5 Å². The molecular weight excluding hydrogens is 382 g/mol. The molecule has 2 fully saturated rings. The maximum Gasteiger partial charge on any atom is 0.257 e. The summed E-state index contributed by atoms with van der Waals surface area (Å²) < 4.78 is 11.3. The molecule has 8 heteroatoms. The molecule has 0 saturated carbocycles. The van der Waals surface area contributed by atoms with E-state index in [2.05, 4.69) is 14.8 Å². The number of hydrogen-bond acceptors (Lipinski definition) is 7. The Bertz CT molecular complexity index is 907. The van der Waals surface area contributed by atoms with Crippen molar-refractivity contribution in [2.24, 2.45) is 0 Å². The number of amides is 1. The number of hydrogen-bond donors (Lipinski definition) is 0. The molecule has 158 valence electrons. The fourth-order valence-electron chi connectivity index (χ4n) is 4.31. The number of rotatable bonds is 3. The molecule has 0 unspecified atom stereocenters. The molecule has 0 radical (unpaired) electrons. The lowest BCUT2D eigenvalue weighted by Gasteiger charge is -2.36. The zero-order chi connectivity index (χ0) is 20.3. The van der Waals surface area contributed by atoms with Crippen LogP contribution in [0.2, 0.25) is 0 Å². The van der Waals surface area contributed by atoms with Crippen LogP contribution < -0.4 is 19.3 Å². The number of fused-ring (bicyclic) bond motifs is 1. The van der Waals surface area contributed by atoms with Gasteiger partial charge >= 0.3 is 0 Å². The van der Waals surface area contributed by atoms with Gasteiger partial charge in [0, 0.05) is 45.5 Å². The van der Waals surface area contributed by atoms with Crippen LogP contribution in [0.15, 0.2) is 30.5 Å². The van der Waals surface area contributed by atoms with E-state index >= 15 is 0 Å². The van der Waals surface area contributed by atoms with Crippen LogP contribution in [0.4, 0.5) is 11.8 Å². The first kappa shape index (κ1) is 19.0. The zero-order valence-electron chi connectivity index (χ0n) is 17.1. The van der Waals surface area contributed by atoms with E-state index in [4.69, 9.17) is 14.5 Å². The second kappa shape index (κ2) is 8.38. The maximum atomic E-state index is 13.1. The van der Waals surface area contributed by atoms with Gasteiger partial charge in [0.05, 0.1) is 5.56 Å². The Morgan fingerprint density at radius 1 is 0.867 bits per heavy atom. The van der Waals surface area contributed by atoms with Crippen molar-refractivity contribution in [2.45, 2.75) is 19.3 Å². The van der Waals surface area contributed by atoms with E-state index < -0.39 is 0 Å². The highest BCUT2D eigenvalue weighted by Gasteiger charge is 2.27. The lowest BCUT2D eigenvalue weighted by atomic mass is 10.1. The fraction of sp³-hybridized carbons (Fsp3) is 0.500. The highest BCUT2D eigenvalue weighted by atomic mass is 16.6. The number of piperidine rings is 1. The molecule has 8 nitrogen and oxygen atoms in total. The average Bonchev–Trinajstić information content (AvgIpc) is 2.84. The molecule has 3 aliphatic rings. The second-order valence-electron chi connectivity index (χ2n) is 7.87. The third-order valence-electron chi connectivity index (χ3n) is 5.95. The summed E-state index contributed by atoms with van der Waals surface area (Å²) in [6.45, 7) is 5.82. The van der Waals surface area contributed by atoms with Gasteiger partial charge in [-0.1, -0.05) is 6.07 Å². The molecule has 4 heterocycles. The Hall–Kier alpha value is -3.03. The zero-order valence-corrected chi connectivity index (χ0v) is 17.1. The largest absolute Gasteiger partial charge is 0.486 e. The smallest absolute Gasteiger partial charge is 0.257 e. The van der Waals surface area contributed by atoms with Gasteiger partial charge in [0.1, 0.15) is 19.0 Å². The highest BCUT2D eigenvalue weighted by molar-refractivity contribution is 5.98. The Labute approximate surface area is 176 Å². The topological polar surface area (TPSA) is 71.0 Å². The lowest BCUT2D eigenvalue weighted by molar-refractivity contribution is 0.0736. The first-order valence-electron chi connectivity index (χ1n) is 10.8. The molecule has 3 aliphatic heterocycles. The summed E-state index contributed by atoms with van der Waals surface area (Å²) in [5.74, 6) is 2.97. The quantitative estimate of drug-likeness (QED) is 0.770. The van der Waals surface area contributed by atoms with E-state index in [0.717, 1.165) is 37.9 Å². The molecule has 1 amide bonds. The van der Waals surface area contributed by atoms with Gasteiger partial charge in [-0.2, -0.15) is 4.98 Å². The predicted octanol–water partition coefficient (Wildman–Crippen LogP) is 2.20. The van der Waals surface area contributed by atoms with Crippen molar-refractivity contribution in [3.05, 3.63) is 36.0 Å². The predicted molar refractivity (Wildman–Crippen MR) is 114 cm³/mol. The average molecular weight is 409 g/mol. The molecule has 1 aromatic heterocycles. The molecule has 30 heavy (non-hydrogen) atoms. The van der Waals surface area contributed by atoms with Crippen molar-refractivity contribution in [2.75, 3.05) is 62.3 Å². The van der Waals surface area contributed by atoms with E-state index in [1.54, 1.807) is 0 Å². The van der Waals surface area contributed by atoms with Crippen molar-refractivity contribution in [1.82, 2.24) is 14.9 Å². The molecule has 2 saturated heterocycles. The third-order valence-corrected chi connectivity index (χ3v) is 5.95. The minimum atomic E-state index is -0.00584. The molecular formula is C22H27N5O3. The van der Waals surface area contributed by atoms with E-state index in [9.17, 15) is 4.79 Å². The first-order chi connectivity index (χ1) is 14.8. The molecule has 0 aliphatic carbocycles. The van der Waals surface area contributed by atoms with Crippen LogP contribution in [0.25, 0.3) is 0 Å².